The molecule has 6 nitrogen and oxygen atoms in total. The molecule has 100 valence electrons. The number of amides is 1. The van der Waals surface area contributed by atoms with Crippen LogP contribution in [0, 0.1) is 6.92 Å². The zero-order valence-electron chi connectivity index (χ0n) is 10.6. The fraction of sp³-hybridized carbons (Fsp3) is 0.545. The van der Waals surface area contributed by atoms with Crippen LogP contribution in [0.2, 0.25) is 0 Å². The van der Waals surface area contributed by atoms with E-state index in [2.05, 4.69) is 31.1 Å². The third-order valence-corrected chi connectivity index (χ3v) is 3.03. The number of aryl methyl sites for hydroxylation is 2. The summed E-state index contributed by atoms with van der Waals surface area (Å²) >= 11 is 3.13. The van der Waals surface area contributed by atoms with Gasteiger partial charge in [-0.2, -0.15) is 5.10 Å². The topological polar surface area (TPSA) is 73.2 Å². The lowest BCUT2D eigenvalue weighted by atomic mass is 10.3. The van der Waals surface area contributed by atoms with Gasteiger partial charge in [-0.1, -0.05) is 15.9 Å². The molecule has 1 amide bonds. The van der Waals surface area contributed by atoms with Gasteiger partial charge in [-0.3, -0.25) is 14.3 Å². The highest BCUT2D eigenvalue weighted by Crippen LogP contribution is 2.05. The molecule has 1 aromatic heterocycles. The molecule has 18 heavy (non-hydrogen) atoms. The SMILES string of the molecule is CCn1nc(C)cc1C(=O)NCC(Br)C(=O)OC. The number of carbonyl (C=O) groups excluding carboxylic acids is 2. The van der Waals surface area contributed by atoms with Gasteiger partial charge in [-0.15, -0.1) is 0 Å². The Balaban J connectivity index is 2.63. The molecule has 0 spiro atoms. The van der Waals surface area contributed by atoms with Gasteiger partial charge in [-0.05, 0) is 19.9 Å². The predicted molar refractivity (Wildman–Crippen MR) is 69.7 cm³/mol. The fourth-order valence-corrected chi connectivity index (χ4v) is 1.80. The zero-order valence-corrected chi connectivity index (χ0v) is 12.2. The molecule has 7 heteroatoms. The minimum Gasteiger partial charge on any atom is -0.468 e. The minimum atomic E-state index is -0.550. The van der Waals surface area contributed by atoms with Crippen LogP contribution in [0.5, 0.6) is 0 Å². The summed E-state index contributed by atoms with van der Waals surface area (Å²) in [5, 5.41) is 6.84. The molecular formula is C11H16BrN3O3. The van der Waals surface area contributed by atoms with Crippen molar-refractivity contribution in [2.24, 2.45) is 0 Å². The van der Waals surface area contributed by atoms with Gasteiger partial charge in [0, 0.05) is 13.1 Å². The number of ether oxygens (including phenoxy) is 1. The van der Waals surface area contributed by atoms with Gasteiger partial charge in [0.2, 0.25) is 0 Å². The summed E-state index contributed by atoms with van der Waals surface area (Å²) in [6.45, 7) is 4.51. The molecule has 1 heterocycles. The summed E-state index contributed by atoms with van der Waals surface area (Å²) in [6, 6.07) is 1.71. The van der Waals surface area contributed by atoms with Crippen molar-refractivity contribution < 1.29 is 14.3 Å². The smallest absolute Gasteiger partial charge is 0.321 e. The van der Waals surface area contributed by atoms with Gasteiger partial charge in [0.05, 0.1) is 12.8 Å². The molecule has 0 fully saturated rings. The maximum absolute atomic E-state index is 11.9. The average Bonchev–Trinajstić information content (AvgIpc) is 2.75. The standard InChI is InChI=1S/C11H16BrN3O3/c1-4-15-9(5-7(2)14-15)10(16)13-6-8(12)11(17)18-3/h5,8H,4,6H2,1-3H3,(H,13,16). The number of hydrogen-bond acceptors (Lipinski definition) is 4. The van der Waals surface area contributed by atoms with E-state index >= 15 is 0 Å². The van der Waals surface area contributed by atoms with Crippen LogP contribution < -0.4 is 5.32 Å². The normalized spacial score (nSPS) is 12.0. The minimum absolute atomic E-state index is 0.166. The molecular weight excluding hydrogens is 302 g/mol. The van der Waals surface area contributed by atoms with Crippen LogP contribution in [0.15, 0.2) is 6.07 Å². The van der Waals surface area contributed by atoms with E-state index in [-0.39, 0.29) is 12.5 Å². The van der Waals surface area contributed by atoms with Crippen molar-refractivity contribution in [3.8, 4) is 0 Å². The zero-order chi connectivity index (χ0) is 13.7. The highest BCUT2D eigenvalue weighted by atomic mass is 79.9. The summed E-state index contributed by atoms with van der Waals surface area (Å²) < 4.78 is 6.16. The van der Waals surface area contributed by atoms with E-state index < -0.39 is 10.8 Å². The Labute approximate surface area is 114 Å². The lowest BCUT2D eigenvalue weighted by molar-refractivity contribution is -0.139. The number of halogens is 1. The monoisotopic (exact) mass is 317 g/mol. The Hall–Kier alpha value is -1.37. The number of nitrogens with zero attached hydrogens (tertiary/aromatic N) is 2. The lowest BCUT2D eigenvalue weighted by Crippen LogP contribution is -2.34. The first kappa shape index (κ1) is 14.7. The molecule has 0 aliphatic rings. The maximum atomic E-state index is 11.9. The van der Waals surface area contributed by atoms with E-state index in [0.717, 1.165) is 5.69 Å². The average molecular weight is 318 g/mol. The number of nitrogens with one attached hydrogen (secondary N) is 1. The van der Waals surface area contributed by atoms with Gasteiger partial charge in [0.15, 0.2) is 0 Å². The Morgan fingerprint density at radius 1 is 1.61 bits per heavy atom. The first-order chi connectivity index (χ1) is 8.49. The van der Waals surface area contributed by atoms with Crippen molar-refractivity contribution in [1.82, 2.24) is 15.1 Å². The first-order valence-corrected chi connectivity index (χ1v) is 6.45. The second-order valence-electron chi connectivity index (χ2n) is 3.69. The highest BCUT2D eigenvalue weighted by Gasteiger charge is 2.18. The maximum Gasteiger partial charge on any atom is 0.321 e. The number of methoxy groups -OCH3 is 1. The highest BCUT2D eigenvalue weighted by molar-refractivity contribution is 9.10. The van der Waals surface area contributed by atoms with Gasteiger partial charge in [-0.25, -0.2) is 0 Å². The predicted octanol–water partition coefficient (Wildman–Crippen LogP) is 0.878. The number of rotatable bonds is 5. The molecule has 0 aliphatic heterocycles. The van der Waals surface area contributed by atoms with E-state index in [1.165, 1.54) is 7.11 Å². The van der Waals surface area contributed by atoms with Gasteiger partial charge >= 0.3 is 5.97 Å². The van der Waals surface area contributed by atoms with Crippen molar-refractivity contribution in [3.63, 3.8) is 0 Å². The van der Waals surface area contributed by atoms with Gasteiger partial charge in [0.25, 0.3) is 5.91 Å². The number of aromatic nitrogens is 2. The number of carbonyl (C=O) groups is 2. The van der Waals surface area contributed by atoms with E-state index in [4.69, 9.17) is 0 Å². The van der Waals surface area contributed by atoms with E-state index in [1.807, 2.05) is 13.8 Å². The largest absolute Gasteiger partial charge is 0.468 e. The van der Waals surface area contributed by atoms with Crippen LogP contribution in [0.1, 0.15) is 23.1 Å². The summed E-state index contributed by atoms with van der Waals surface area (Å²) in [5.41, 5.74) is 1.27. The third-order valence-electron chi connectivity index (χ3n) is 2.33. The molecule has 0 saturated heterocycles. The Morgan fingerprint density at radius 3 is 2.83 bits per heavy atom. The molecule has 0 radical (unpaired) electrons. The van der Waals surface area contributed by atoms with Crippen molar-refractivity contribution in [1.29, 1.82) is 0 Å². The first-order valence-electron chi connectivity index (χ1n) is 5.54. The van der Waals surface area contributed by atoms with Crippen LogP contribution in [-0.2, 0) is 16.1 Å². The number of hydrogen-bond donors (Lipinski definition) is 1. The molecule has 0 saturated carbocycles. The van der Waals surface area contributed by atoms with Crippen LogP contribution in [0.4, 0.5) is 0 Å². The van der Waals surface area contributed by atoms with Crippen molar-refractivity contribution in [2.45, 2.75) is 25.2 Å². The summed E-state index contributed by atoms with van der Waals surface area (Å²) in [6.07, 6.45) is 0. The molecule has 0 aromatic carbocycles. The van der Waals surface area contributed by atoms with Crippen LogP contribution in [-0.4, -0.2) is 40.1 Å². The lowest BCUT2D eigenvalue weighted by Gasteiger charge is -2.09. The molecule has 0 bridgehead atoms. The van der Waals surface area contributed by atoms with Crippen LogP contribution >= 0.6 is 15.9 Å². The molecule has 1 aromatic rings. The van der Waals surface area contributed by atoms with Crippen molar-refractivity contribution in [3.05, 3.63) is 17.5 Å². The van der Waals surface area contributed by atoms with Gasteiger partial charge < -0.3 is 10.1 Å². The molecule has 1 atom stereocenters. The Bertz CT molecular complexity index is 445. The number of esters is 1. The van der Waals surface area contributed by atoms with Crippen molar-refractivity contribution in [2.75, 3.05) is 13.7 Å². The summed E-state index contributed by atoms with van der Waals surface area (Å²) in [5.74, 6) is -0.679. The molecule has 1 N–H and O–H groups in total. The van der Waals surface area contributed by atoms with Crippen LogP contribution in [0.3, 0.4) is 0 Å². The van der Waals surface area contributed by atoms with Crippen molar-refractivity contribution >= 4 is 27.8 Å². The molecule has 0 aliphatic carbocycles. The molecule has 1 rings (SSSR count). The second kappa shape index (κ2) is 6.53. The third kappa shape index (κ3) is 3.56. The summed E-state index contributed by atoms with van der Waals surface area (Å²) in [7, 11) is 1.30. The Kier molecular flexibility index (Phi) is 5.33. The molecule has 1 unspecified atom stereocenters. The fourth-order valence-electron chi connectivity index (χ4n) is 1.45. The Morgan fingerprint density at radius 2 is 2.28 bits per heavy atom. The van der Waals surface area contributed by atoms with E-state index in [1.54, 1.807) is 10.7 Å². The number of alkyl halides is 1. The van der Waals surface area contributed by atoms with E-state index in [9.17, 15) is 9.59 Å². The summed E-state index contributed by atoms with van der Waals surface area (Å²) in [4.78, 5) is 22.5. The quantitative estimate of drug-likeness (QED) is 0.646. The second-order valence-corrected chi connectivity index (χ2v) is 4.79. The van der Waals surface area contributed by atoms with Crippen LogP contribution in [0.25, 0.3) is 0 Å². The van der Waals surface area contributed by atoms with E-state index in [0.29, 0.717) is 12.2 Å². The van der Waals surface area contributed by atoms with Gasteiger partial charge in [0.1, 0.15) is 10.5 Å².